The highest BCUT2D eigenvalue weighted by molar-refractivity contribution is 9.10. The van der Waals surface area contributed by atoms with Gasteiger partial charge in [-0.3, -0.25) is 4.68 Å². The van der Waals surface area contributed by atoms with Crippen molar-refractivity contribution < 1.29 is 5.11 Å². The Bertz CT molecular complexity index is 433. The number of piperidine rings is 1. The van der Waals surface area contributed by atoms with Gasteiger partial charge in [-0.1, -0.05) is 6.92 Å². The topological polar surface area (TPSA) is 50.1 Å². The van der Waals surface area contributed by atoms with Crippen LogP contribution in [0.2, 0.25) is 0 Å². The second kappa shape index (κ2) is 4.62. The highest BCUT2D eigenvalue weighted by Gasteiger charge is 2.46. The molecule has 0 aromatic carbocycles. The summed E-state index contributed by atoms with van der Waals surface area (Å²) in [5.41, 5.74) is 0.254. The first-order chi connectivity index (χ1) is 8.62. The van der Waals surface area contributed by atoms with Gasteiger partial charge in [-0.25, -0.2) is 0 Å². The highest BCUT2D eigenvalue weighted by atomic mass is 79.9. The summed E-state index contributed by atoms with van der Waals surface area (Å²) < 4.78 is 2.91. The van der Waals surface area contributed by atoms with Crippen LogP contribution >= 0.6 is 15.9 Å². The molecular weight excluding hydrogens is 294 g/mol. The number of fused-ring (bicyclic) bond motifs is 2. The first-order valence-electron chi connectivity index (χ1n) is 6.82. The maximum absolute atomic E-state index is 11.1. The van der Waals surface area contributed by atoms with Crippen LogP contribution in [0.3, 0.4) is 0 Å². The number of aromatic nitrogens is 2. The van der Waals surface area contributed by atoms with Gasteiger partial charge in [0.25, 0.3) is 0 Å². The lowest BCUT2D eigenvalue weighted by Gasteiger charge is -2.37. The quantitative estimate of drug-likeness (QED) is 0.899. The lowest BCUT2D eigenvalue weighted by molar-refractivity contribution is -0.0198. The summed E-state index contributed by atoms with van der Waals surface area (Å²) in [7, 11) is 0. The third-order valence-electron chi connectivity index (χ3n) is 4.17. The molecule has 0 amide bonds. The number of nitrogens with zero attached hydrogens (tertiary/aromatic N) is 2. The Morgan fingerprint density at radius 1 is 1.50 bits per heavy atom. The van der Waals surface area contributed by atoms with Crippen LogP contribution in [0.25, 0.3) is 0 Å². The van der Waals surface area contributed by atoms with Crippen LogP contribution in [0, 0.1) is 0 Å². The van der Waals surface area contributed by atoms with Crippen molar-refractivity contribution in [2.75, 3.05) is 0 Å². The second-order valence-corrected chi connectivity index (χ2v) is 6.50. The molecule has 2 bridgehead atoms. The van der Waals surface area contributed by atoms with Crippen molar-refractivity contribution in [1.29, 1.82) is 0 Å². The molecule has 0 spiro atoms. The Morgan fingerprint density at radius 2 is 2.17 bits per heavy atom. The number of hydrogen-bond acceptors (Lipinski definition) is 3. The van der Waals surface area contributed by atoms with Gasteiger partial charge >= 0.3 is 0 Å². The summed E-state index contributed by atoms with van der Waals surface area (Å²) in [6.45, 7) is 3.00. The van der Waals surface area contributed by atoms with E-state index < -0.39 is 5.60 Å². The number of hydrogen-bond donors (Lipinski definition) is 2. The molecule has 2 unspecified atom stereocenters. The molecular formula is C13H20BrN3O. The van der Waals surface area contributed by atoms with E-state index in [9.17, 15) is 5.11 Å². The maximum atomic E-state index is 11.1. The summed E-state index contributed by atoms with van der Waals surface area (Å²) in [6.07, 6.45) is 6.82. The Hall–Kier alpha value is -0.390. The van der Waals surface area contributed by atoms with Crippen LogP contribution in [0.1, 0.15) is 44.7 Å². The fraction of sp³-hybridized carbons (Fsp3) is 0.769. The van der Waals surface area contributed by atoms with E-state index in [4.69, 9.17) is 0 Å². The zero-order chi connectivity index (χ0) is 12.8. The van der Waals surface area contributed by atoms with Gasteiger partial charge in [-0.15, -0.1) is 0 Å². The number of nitrogens with one attached hydrogen (secondary N) is 1. The summed E-state index contributed by atoms with van der Waals surface area (Å²) >= 11 is 3.55. The fourth-order valence-corrected chi connectivity index (χ4v) is 4.19. The van der Waals surface area contributed by atoms with Crippen molar-refractivity contribution in [2.24, 2.45) is 0 Å². The molecule has 0 saturated carbocycles. The van der Waals surface area contributed by atoms with Crippen molar-refractivity contribution in [1.82, 2.24) is 15.1 Å². The average Bonchev–Trinajstić information content (AvgIpc) is 2.84. The van der Waals surface area contributed by atoms with Crippen molar-refractivity contribution >= 4 is 15.9 Å². The van der Waals surface area contributed by atoms with Crippen LogP contribution in [-0.4, -0.2) is 27.0 Å². The first kappa shape index (κ1) is 12.6. The molecule has 18 heavy (non-hydrogen) atoms. The molecule has 2 fully saturated rings. The van der Waals surface area contributed by atoms with Crippen LogP contribution in [0.15, 0.2) is 10.7 Å². The average molecular weight is 314 g/mol. The summed E-state index contributed by atoms with van der Waals surface area (Å²) in [4.78, 5) is 0. The molecule has 3 heterocycles. The van der Waals surface area contributed by atoms with E-state index in [0.29, 0.717) is 12.1 Å². The number of aliphatic hydroxyl groups is 1. The van der Waals surface area contributed by atoms with Gasteiger partial charge in [0.1, 0.15) is 5.60 Å². The molecule has 2 N–H and O–H groups in total. The Kier molecular flexibility index (Phi) is 3.24. The zero-order valence-corrected chi connectivity index (χ0v) is 12.3. The number of aryl methyl sites for hydroxylation is 1. The van der Waals surface area contributed by atoms with Crippen molar-refractivity contribution in [3.63, 3.8) is 0 Å². The molecule has 100 valence electrons. The zero-order valence-electron chi connectivity index (χ0n) is 10.7. The van der Waals surface area contributed by atoms with Crippen LogP contribution < -0.4 is 5.32 Å². The predicted molar refractivity (Wildman–Crippen MR) is 73.3 cm³/mol. The SMILES string of the molecule is CCCn1ncc(Br)c1C1(O)CC2CCC(C1)N2. The van der Waals surface area contributed by atoms with Crippen molar-refractivity contribution in [3.05, 3.63) is 16.4 Å². The lowest BCUT2D eigenvalue weighted by atomic mass is 9.84. The molecule has 2 aliphatic heterocycles. The minimum absolute atomic E-state index is 0.464. The van der Waals surface area contributed by atoms with Gasteiger partial charge in [-0.2, -0.15) is 5.10 Å². The van der Waals surface area contributed by atoms with Crippen LogP contribution in [-0.2, 0) is 12.1 Å². The maximum Gasteiger partial charge on any atom is 0.110 e. The standard InChI is InChI=1S/C13H20BrN3O/c1-2-5-17-12(11(14)8-15-17)13(18)6-9-3-4-10(7-13)16-9/h8-10,16,18H,2-7H2,1H3. The highest BCUT2D eigenvalue weighted by Crippen LogP contribution is 2.42. The van der Waals surface area contributed by atoms with Gasteiger partial charge in [-0.05, 0) is 48.0 Å². The van der Waals surface area contributed by atoms with Crippen molar-refractivity contribution in [3.8, 4) is 0 Å². The summed E-state index contributed by atoms with van der Waals surface area (Å²) in [5.74, 6) is 0. The van der Waals surface area contributed by atoms with Crippen molar-refractivity contribution in [2.45, 2.75) is 63.3 Å². The minimum atomic E-state index is -0.721. The predicted octanol–water partition coefficient (Wildman–Crippen LogP) is 2.16. The van der Waals surface area contributed by atoms with E-state index in [1.54, 1.807) is 0 Å². The van der Waals surface area contributed by atoms with Crippen LogP contribution in [0.4, 0.5) is 0 Å². The van der Waals surface area contributed by atoms with Gasteiger partial charge in [0, 0.05) is 18.6 Å². The molecule has 4 nitrogen and oxygen atoms in total. The minimum Gasteiger partial charge on any atom is -0.383 e. The van der Waals surface area contributed by atoms with E-state index in [1.165, 1.54) is 12.8 Å². The third-order valence-corrected chi connectivity index (χ3v) is 4.75. The van der Waals surface area contributed by atoms with Crippen LogP contribution in [0.5, 0.6) is 0 Å². The summed E-state index contributed by atoms with van der Waals surface area (Å²) in [6, 6.07) is 0.927. The molecule has 2 atom stereocenters. The van der Waals surface area contributed by atoms with E-state index in [2.05, 4.69) is 33.3 Å². The molecule has 0 radical (unpaired) electrons. The number of rotatable bonds is 3. The smallest absolute Gasteiger partial charge is 0.110 e. The second-order valence-electron chi connectivity index (χ2n) is 5.64. The first-order valence-corrected chi connectivity index (χ1v) is 7.62. The largest absolute Gasteiger partial charge is 0.383 e. The number of halogens is 1. The lowest BCUT2D eigenvalue weighted by Crippen LogP contribution is -2.47. The van der Waals surface area contributed by atoms with E-state index >= 15 is 0 Å². The van der Waals surface area contributed by atoms with E-state index in [-0.39, 0.29) is 0 Å². The normalized spacial score (nSPS) is 35.1. The van der Waals surface area contributed by atoms with E-state index in [1.807, 2.05) is 10.9 Å². The Balaban J connectivity index is 1.95. The third kappa shape index (κ3) is 2.02. The van der Waals surface area contributed by atoms with E-state index in [0.717, 1.165) is 36.0 Å². The molecule has 0 aliphatic carbocycles. The molecule has 1 aromatic heterocycles. The van der Waals surface area contributed by atoms with Gasteiger partial charge in [0.2, 0.25) is 0 Å². The Morgan fingerprint density at radius 3 is 2.78 bits per heavy atom. The molecule has 5 heteroatoms. The molecule has 3 rings (SSSR count). The fourth-order valence-electron chi connectivity index (χ4n) is 3.52. The molecule has 2 aliphatic rings. The summed E-state index contributed by atoms with van der Waals surface area (Å²) in [5, 5.41) is 19.0. The van der Waals surface area contributed by atoms with Gasteiger partial charge in [0.05, 0.1) is 16.4 Å². The monoisotopic (exact) mass is 313 g/mol. The van der Waals surface area contributed by atoms with Gasteiger partial charge in [0.15, 0.2) is 0 Å². The van der Waals surface area contributed by atoms with Gasteiger partial charge < -0.3 is 10.4 Å². The molecule has 2 saturated heterocycles. The molecule has 1 aromatic rings. The Labute approximate surface area is 116 Å².